The highest BCUT2D eigenvalue weighted by Crippen LogP contribution is 2.24. The summed E-state index contributed by atoms with van der Waals surface area (Å²) in [6, 6.07) is 0.348. The van der Waals surface area contributed by atoms with Gasteiger partial charge in [0, 0.05) is 19.1 Å². The molecule has 1 saturated carbocycles. The Hall–Kier alpha value is -0.610. The maximum Gasteiger partial charge on any atom is 0.237 e. The van der Waals surface area contributed by atoms with Crippen LogP contribution in [-0.2, 0) is 4.79 Å². The first-order valence-corrected chi connectivity index (χ1v) is 6.85. The van der Waals surface area contributed by atoms with Crippen LogP contribution in [0.3, 0.4) is 0 Å². The second-order valence-corrected chi connectivity index (χ2v) is 4.87. The normalized spacial score (nSPS) is 18.6. The Morgan fingerprint density at radius 2 is 2.12 bits per heavy atom. The first-order chi connectivity index (χ1) is 8.20. The van der Waals surface area contributed by atoms with E-state index in [1.807, 2.05) is 13.8 Å². The van der Waals surface area contributed by atoms with Gasteiger partial charge in [0.15, 0.2) is 0 Å². The molecule has 0 aromatic carbocycles. The maximum atomic E-state index is 11.9. The van der Waals surface area contributed by atoms with Gasteiger partial charge in [-0.05, 0) is 26.2 Å². The number of hydrogen-bond acceptors (Lipinski definition) is 3. The summed E-state index contributed by atoms with van der Waals surface area (Å²) in [5, 5.41) is 12.1. The standard InChI is InChI=1S/C13H26N2O2/c1-3-8-14-13(17)11(2)15(9-10-16)12-6-4-5-7-12/h11-12,16H,3-10H2,1-2H3,(H,14,17). The molecule has 1 unspecified atom stereocenters. The van der Waals surface area contributed by atoms with E-state index in [0.717, 1.165) is 25.8 Å². The van der Waals surface area contributed by atoms with E-state index in [2.05, 4.69) is 10.2 Å². The Balaban J connectivity index is 2.52. The largest absolute Gasteiger partial charge is 0.395 e. The number of rotatable bonds is 7. The summed E-state index contributed by atoms with van der Waals surface area (Å²) in [5.41, 5.74) is 0. The molecule has 0 heterocycles. The molecule has 0 saturated heterocycles. The maximum absolute atomic E-state index is 11.9. The van der Waals surface area contributed by atoms with Gasteiger partial charge in [-0.1, -0.05) is 19.8 Å². The van der Waals surface area contributed by atoms with Crippen LogP contribution in [0.1, 0.15) is 46.0 Å². The van der Waals surface area contributed by atoms with E-state index in [-0.39, 0.29) is 18.6 Å². The molecule has 4 nitrogen and oxygen atoms in total. The topological polar surface area (TPSA) is 52.6 Å². The van der Waals surface area contributed by atoms with Crippen molar-refractivity contribution in [1.29, 1.82) is 0 Å². The van der Waals surface area contributed by atoms with Crippen molar-refractivity contribution in [1.82, 2.24) is 10.2 Å². The Kier molecular flexibility index (Phi) is 6.52. The molecule has 17 heavy (non-hydrogen) atoms. The third-order valence-corrected chi connectivity index (χ3v) is 3.58. The van der Waals surface area contributed by atoms with Crippen molar-refractivity contribution < 1.29 is 9.90 Å². The Morgan fingerprint density at radius 3 is 2.65 bits per heavy atom. The van der Waals surface area contributed by atoms with Crippen LogP contribution in [0.25, 0.3) is 0 Å². The van der Waals surface area contributed by atoms with E-state index in [1.165, 1.54) is 12.8 Å². The highest BCUT2D eigenvalue weighted by Gasteiger charge is 2.29. The third kappa shape index (κ3) is 4.28. The first kappa shape index (κ1) is 14.5. The smallest absolute Gasteiger partial charge is 0.237 e. The molecule has 0 aliphatic heterocycles. The van der Waals surface area contributed by atoms with Gasteiger partial charge in [-0.15, -0.1) is 0 Å². The Labute approximate surface area is 104 Å². The lowest BCUT2D eigenvalue weighted by molar-refractivity contribution is -0.127. The van der Waals surface area contributed by atoms with Crippen LogP contribution in [0.4, 0.5) is 0 Å². The van der Waals surface area contributed by atoms with E-state index in [9.17, 15) is 4.79 Å². The van der Waals surface area contributed by atoms with E-state index < -0.39 is 0 Å². The number of carbonyl (C=O) groups is 1. The summed E-state index contributed by atoms with van der Waals surface area (Å²) in [5.74, 6) is 0.0900. The quantitative estimate of drug-likeness (QED) is 0.704. The minimum absolute atomic E-state index is 0.0900. The van der Waals surface area contributed by atoms with Crippen molar-refractivity contribution in [2.75, 3.05) is 19.7 Å². The lowest BCUT2D eigenvalue weighted by Crippen LogP contribution is -2.50. The number of aliphatic hydroxyl groups excluding tert-OH is 1. The second kappa shape index (κ2) is 7.67. The Morgan fingerprint density at radius 1 is 1.47 bits per heavy atom. The number of amides is 1. The van der Waals surface area contributed by atoms with Gasteiger partial charge in [0.2, 0.25) is 5.91 Å². The Bertz CT molecular complexity index is 227. The van der Waals surface area contributed by atoms with Crippen LogP contribution >= 0.6 is 0 Å². The minimum Gasteiger partial charge on any atom is -0.395 e. The van der Waals surface area contributed by atoms with Gasteiger partial charge in [0.1, 0.15) is 0 Å². The number of hydrogen-bond donors (Lipinski definition) is 2. The van der Waals surface area contributed by atoms with Gasteiger partial charge in [-0.3, -0.25) is 9.69 Å². The molecule has 0 spiro atoms. The van der Waals surface area contributed by atoms with Crippen LogP contribution in [0, 0.1) is 0 Å². The molecule has 100 valence electrons. The summed E-state index contributed by atoms with van der Waals surface area (Å²) in [6.07, 6.45) is 5.77. The lowest BCUT2D eigenvalue weighted by atomic mass is 10.1. The van der Waals surface area contributed by atoms with Gasteiger partial charge in [-0.25, -0.2) is 0 Å². The average Bonchev–Trinajstić information content (AvgIpc) is 2.85. The van der Waals surface area contributed by atoms with E-state index in [1.54, 1.807) is 0 Å². The zero-order chi connectivity index (χ0) is 12.7. The minimum atomic E-state index is -0.128. The molecule has 2 N–H and O–H groups in total. The fourth-order valence-corrected chi connectivity index (χ4v) is 2.59. The van der Waals surface area contributed by atoms with E-state index in [4.69, 9.17) is 5.11 Å². The number of aliphatic hydroxyl groups is 1. The predicted molar refractivity (Wildman–Crippen MR) is 68.8 cm³/mol. The van der Waals surface area contributed by atoms with Gasteiger partial charge in [0.25, 0.3) is 0 Å². The van der Waals surface area contributed by atoms with Gasteiger partial charge >= 0.3 is 0 Å². The average molecular weight is 242 g/mol. The predicted octanol–water partition coefficient (Wildman–Crippen LogP) is 1.14. The highest BCUT2D eigenvalue weighted by atomic mass is 16.3. The molecule has 0 aromatic heterocycles. The molecule has 1 fully saturated rings. The van der Waals surface area contributed by atoms with Crippen LogP contribution in [0.5, 0.6) is 0 Å². The molecular formula is C13H26N2O2. The lowest BCUT2D eigenvalue weighted by Gasteiger charge is -2.33. The molecule has 0 aromatic rings. The van der Waals surface area contributed by atoms with Gasteiger partial charge < -0.3 is 10.4 Å². The fraction of sp³-hybridized carbons (Fsp3) is 0.923. The zero-order valence-corrected chi connectivity index (χ0v) is 11.1. The fourth-order valence-electron chi connectivity index (χ4n) is 2.59. The summed E-state index contributed by atoms with van der Waals surface area (Å²) >= 11 is 0. The molecular weight excluding hydrogens is 216 g/mol. The van der Waals surface area contributed by atoms with Gasteiger partial charge in [-0.2, -0.15) is 0 Å². The highest BCUT2D eigenvalue weighted by molar-refractivity contribution is 5.81. The first-order valence-electron chi connectivity index (χ1n) is 6.85. The molecule has 1 aliphatic carbocycles. The van der Waals surface area contributed by atoms with E-state index >= 15 is 0 Å². The van der Waals surface area contributed by atoms with Crippen molar-refractivity contribution in [3.63, 3.8) is 0 Å². The molecule has 1 atom stereocenters. The van der Waals surface area contributed by atoms with E-state index in [0.29, 0.717) is 12.6 Å². The van der Waals surface area contributed by atoms with Crippen LogP contribution < -0.4 is 5.32 Å². The zero-order valence-electron chi connectivity index (χ0n) is 11.1. The number of carbonyl (C=O) groups excluding carboxylic acids is 1. The molecule has 1 aliphatic rings. The van der Waals surface area contributed by atoms with Crippen LogP contribution in [0.2, 0.25) is 0 Å². The summed E-state index contributed by atoms with van der Waals surface area (Å²) in [7, 11) is 0. The molecule has 1 amide bonds. The number of nitrogens with zero attached hydrogens (tertiary/aromatic N) is 1. The summed E-state index contributed by atoms with van der Waals surface area (Å²) < 4.78 is 0. The summed E-state index contributed by atoms with van der Waals surface area (Å²) in [4.78, 5) is 14.1. The van der Waals surface area contributed by atoms with Crippen molar-refractivity contribution in [2.45, 2.75) is 58.0 Å². The van der Waals surface area contributed by atoms with Gasteiger partial charge in [0.05, 0.1) is 12.6 Å². The van der Waals surface area contributed by atoms with Crippen molar-refractivity contribution >= 4 is 5.91 Å². The molecule has 4 heteroatoms. The SMILES string of the molecule is CCCNC(=O)C(C)N(CCO)C1CCCC1. The third-order valence-electron chi connectivity index (χ3n) is 3.58. The monoisotopic (exact) mass is 242 g/mol. The second-order valence-electron chi connectivity index (χ2n) is 4.87. The van der Waals surface area contributed by atoms with Crippen molar-refractivity contribution in [3.8, 4) is 0 Å². The summed E-state index contributed by atoms with van der Waals surface area (Å²) in [6.45, 7) is 5.46. The van der Waals surface area contributed by atoms with Crippen molar-refractivity contribution in [2.24, 2.45) is 0 Å². The number of nitrogens with one attached hydrogen (secondary N) is 1. The van der Waals surface area contributed by atoms with Crippen LogP contribution in [0.15, 0.2) is 0 Å². The molecule has 0 radical (unpaired) electrons. The molecule has 0 bridgehead atoms. The van der Waals surface area contributed by atoms with Crippen molar-refractivity contribution in [3.05, 3.63) is 0 Å². The van der Waals surface area contributed by atoms with Crippen LogP contribution in [-0.4, -0.2) is 47.7 Å². The molecule has 1 rings (SSSR count).